The van der Waals surface area contributed by atoms with Crippen LogP contribution in [0.15, 0.2) is 42.5 Å². The zero-order valence-electron chi connectivity index (χ0n) is 9.91. The molecular weight excluding hydrogens is 230 g/mol. The van der Waals surface area contributed by atoms with Crippen molar-refractivity contribution >= 4 is 11.6 Å². The second-order valence-corrected chi connectivity index (χ2v) is 4.62. The topological polar surface area (TPSA) is 26.0 Å². The van der Waals surface area contributed by atoms with Crippen molar-refractivity contribution in [3.63, 3.8) is 0 Å². The van der Waals surface area contributed by atoms with Gasteiger partial charge in [-0.25, -0.2) is 0 Å². The van der Waals surface area contributed by atoms with Crippen LogP contribution in [0.25, 0.3) is 11.1 Å². The molecule has 0 radical (unpaired) electrons. The zero-order chi connectivity index (χ0) is 12.3. The minimum atomic E-state index is 0.622. The van der Waals surface area contributed by atoms with Crippen molar-refractivity contribution in [2.24, 2.45) is 5.73 Å². The third kappa shape index (κ3) is 2.87. The Hall–Kier alpha value is -1.31. The minimum Gasteiger partial charge on any atom is -0.330 e. The van der Waals surface area contributed by atoms with E-state index in [1.807, 2.05) is 6.07 Å². The molecule has 0 atom stereocenters. The molecule has 0 spiro atoms. The van der Waals surface area contributed by atoms with Crippen molar-refractivity contribution in [1.82, 2.24) is 0 Å². The number of aryl methyl sites for hydroxylation is 1. The maximum Gasteiger partial charge on any atom is 0.0438 e. The van der Waals surface area contributed by atoms with E-state index in [1.54, 1.807) is 0 Å². The molecule has 0 aliphatic heterocycles. The number of benzene rings is 2. The normalized spacial score (nSPS) is 10.5. The highest BCUT2D eigenvalue weighted by molar-refractivity contribution is 6.31. The summed E-state index contributed by atoms with van der Waals surface area (Å²) in [5, 5.41) is 0.798. The molecule has 88 valence electrons. The van der Waals surface area contributed by atoms with Crippen LogP contribution in [0.3, 0.4) is 0 Å². The molecule has 17 heavy (non-hydrogen) atoms. The summed E-state index contributed by atoms with van der Waals surface area (Å²) in [6.45, 7) is 2.72. The lowest BCUT2D eigenvalue weighted by molar-refractivity contribution is 0.969. The van der Waals surface area contributed by atoms with Gasteiger partial charge in [0.25, 0.3) is 0 Å². The van der Waals surface area contributed by atoms with E-state index in [-0.39, 0.29) is 0 Å². The van der Waals surface area contributed by atoms with Crippen molar-refractivity contribution in [2.75, 3.05) is 6.54 Å². The third-order valence-corrected chi connectivity index (χ3v) is 3.18. The van der Waals surface area contributed by atoms with Gasteiger partial charge in [-0.15, -0.1) is 0 Å². The summed E-state index contributed by atoms with van der Waals surface area (Å²) in [5.74, 6) is 0. The fourth-order valence-corrected chi connectivity index (χ4v) is 2.14. The summed E-state index contributed by atoms with van der Waals surface area (Å²) >= 11 is 6.14. The van der Waals surface area contributed by atoms with Crippen LogP contribution in [0, 0.1) is 6.92 Å². The maximum absolute atomic E-state index is 6.14. The molecule has 0 aliphatic rings. The quantitative estimate of drug-likeness (QED) is 0.874. The van der Waals surface area contributed by atoms with E-state index in [9.17, 15) is 0 Å². The Morgan fingerprint density at radius 1 is 1.06 bits per heavy atom. The molecule has 0 bridgehead atoms. The molecule has 2 N–H and O–H groups in total. The van der Waals surface area contributed by atoms with Crippen LogP contribution in [0.1, 0.15) is 11.1 Å². The highest BCUT2D eigenvalue weighted by Gasteiger charge is 2.03. The van der Waals surface area contributed by atoms with Gasteiger partial charge in [0.2, 0.25) is 0 Å². The Morgan fingerprint density at radius 3 is 2.53 bits per heavy atom. The first kappa shape index (κ1) is 12.2. The van der Waals surface area contributed by atoms with E-state index < -0.39 is 0 Å². The van der Waals surface area contributed by atoms with Gasteiger partial charge in [-0.3, -0.25) is 0 Å². The molecule has 0 saturated carbocycles. The number of nitrogens with two attached hydrogens (primary N) is 1. The summed E-state index contributed by atoms with van der Waals surface area (Å²) in [7, 11) is 0. The molecule has 0 aliphatic carbocycles. The number of hydrogen-bond acceptors (Lipinski definition) is 1. The van der Waals surface area contributed by atoms with Crippen LogP contribution in [0.2, 0.25) is 5.02 Å². The van der Waals surface area contributed by atoms with Crippen molar-refractivity contribution < 1.29 is 0 Å². The molecule has 2 aromatic carbocycles. The average Bonchev–Trinajstić information content (AvgIpc) is 2.32. The van der Waals surface area contributed by atoms with Crippen LogP contribution in [-0.2, 0) is 6.42 Å². The van der Waals surface area contributed by atoms with Gasteiger partial charge in [0.15, 0.2) is 0 Å². The Labute approximate surface area is 107 Å². The van der Waals surface area contributed by atoms with E-state index in [0.29, 0.717) is 6.54 Å². The van der Waals surface area contributed by atoms with Gasteiger partial charge in [-0.2, -0.15) is 0 Å². The van der Waals surface area contributed by atoms with Crippen LogP contribution in [0.4, 0.5) is 0 Å². The van der Waals surface area contributed by atoms with Gasteiger partial charge in [0.1, 0.15) is 0 Å². The molecule has 1 nitrogen and oxygen atoms in total. The minimum absolute atomic E-state index is 0.622. The first-order valence-corrected chi connectivity index (χ1v) is 6.14. The lowest BCUT2D eigenvalue weighted by atomic mass is 10.0. The van der Waals surface area contributed by atoms with Crippen molar-refractivity contribution in [1.29, 1.82) is 0 Å². The largest absolute Gasteiger partial charge is 0.330 e. The van der Waals surface area contributed by atoms with E-state index >= 15 is 0 Å². The van der Waals surface area contributed by atoms with E-state index in [0.717, 1.165) is 17.0 Å². The highest BCUT2D eigenvalue weighted by Crippen LogP contribution is 2.26. The molecule has 2 heteroatoms. The second-order valence-electron chi connectivity index (χ2n) is 4.21. The summed E-state index contributed by atoms with van der Waals surface area (Å²) < 4.78 is 0. The van der Waals surface area contributed by atoms with Crippen LogP contribution < -0.4 is 5.73 Å². The van der Waals surface area contributed by atoms with Gasteiger partial charge in [-0.05, 0) is 48.7 Å². The van der Waals surface area contributed by atoms with Gasteiger partial charge in [0.05, 0.1) is 0 Å². The summed E-state index contributed by atoms with van der Waals surface area (Å²) in [6, 6.07) is 14.6. The molecule has 0 amide bonds. The third-order valence-electron chi connectivity index (χ3n) is 2.81. The standard InChI is InChI=1S/C15H16ClN/c1-11-3-2-4-12(9-11)13-5-6-15(16)14(10-13)7-8-17/h2-6,9-10H,7-8,17H2,1H3. The summed E-state index contributed by atoms with van der Waals surface area (Å²) in [5.41, 5.74) is 10.4. The monoisotopic (exact) mass is 245 g/mol. The first-order valence-electron chi connectivity index (χ1n) is 5.76. The molecule has 0 fully saturated rings. The Bertz CT molecular complexity index is 520. The van der Waals surface area contributed by atoms with E-state index in [4.69, 9.17) is 17.3 Å². The lowest BCUT2D eigenvalue weighted by Gasteiger charge is -2.07. The second kappa shape index (κ2) is 5.35. The summed E-state index contributed by atoms with van der Waals surface area (Å²) in [6.07, 6.45) is 0.818. The fraction of sp³-hybridized carbons (Fsp3) is 0.200. The number of hydrogen-bond donors (Lipinski definition) is 1. The molecule has 0 aromatic heterocycles. The van der Waals surface area contributed by atoms with E-state index in [2.05, 4.69) is 43.3 Å². The first-order chi connectivity index (χ1) is 8.20. The molecule has 0 unspecified atom stereocenters. The van der Waals surface area contributed by atoms with Crippen molar-refractivity contribution in [3.05, 3.63) is 58.6 Å². The van der Waals surface area contributed by atoms with Gasteiger partial charge >= 0.3 is 0 Å². The Balaban J connectivity index is 2.42. The van der Waals surface area contributed by atoms with Gasteiger partial charge in [-0.1, -0.05) is 47.5 Å². The Morgan fingerprint density at radius 2 is 1.82 bits per heavy atom. The van der Waals surface area contributed by atoms with Gasteiger partial charge in [0, 0.05) is 5.02 Å². The Kier molecular flexibility index (Phi) is 3.82. The average molecular weight is 246 g/mol. The molecule has 0 saturated heterocycles. The number of halogens is 1. The molecular formula is C15H16ClN. The van der Waals surface area contributed by atoms with Crippen LogP contribution in [0.5, 0.6) is 0 Å². The summed E-state index contributed by atoms with van der Waals surface area (Å²) in [4.78, 5) is 0. The smallest absolute Gasteiger partial charge is 0.0438 e. The molecule has 0 heterocycles. The number of rotatable bonds is 3. The fourth-order valence-electron chi connectivity index (χ4n) is 1.93. The van der Waals surface area contributed by atoms with E-state index in [1.165, 1.54) is 16.7 Å². The van der Waals surface area contributed by atoms with Gasteiger partial charge < -0.3 is 5.73 Å². The predicted octanol–water partition coefficient (Wildman–Crippen LogP) is 3.82. The zero-order valence-corrected chi connectivity index (χ0v) is 10.7. The predicted molar refractivity (Wildman–Crippen MR) is 74.4 cm³/mol. The lowest BCUT2D eigenvalue weighted by Crippen LogP contribution is -2.03. The van der Waals surface area contributed by atoms with Crippen molar-refractivity contribution in [2.45, 2.75) is 13.3 Å². The molecule has 2 aromatic rings. The SMILES string of the molecule is Cc1cccc(-c2ccc(Cl)c(CCN)c2)c1. The van der Waals surface area contributed by atoms with Crippen LogP contribution >= 0.6 is 11.6 Å². The van der Waals surface area contributed by atoms with Crippen LogP contribution in [-0.4, -0.2) is 6.54 Å². The molecule has 2 rings (SSSR count). The highest BCUT2D eigenvalue weighted by atomic mass is 35.5. The maximum atomic E-state index is 6.14. The van der Waals surface area contributed by atoms with Crippen molar-refractivity contribution in [3.8, 4) is 11.1 Å².